The van der Waals surface area contributed by atoms with Gasteiger partial charge in [0.05, 0.1) is 7.11 Å². The number of nitrogens with zero attached hydrogens (tertiary/aromatic N) is 3. The lowest BCUT2D eigenvalue weighted by Gasteiger charge is -2.33. The number of piperidine rings is 1. The Morgan fingerprint density at radius 2 is 2.09 bits per heavy atom. The highest BCUT2D eigenvalue weighted by Gasteiger charge is 2.39. The third-order valence-corrected chi connectivity index (χ3v) is 6.57. The van der Waals surface area contributed by atoms with E-state index in [1.807, 2.05) is 41.3 Å². The maximum Gasteiger partial charge on any atom is 0.320 e. The number of rotatable bonds is 8. The zero-order valence-electron chi connectivity index (χ0n) is 19.5. The van der Waals surface area contributed by atoms with Crippen LogP contribution in [0.15, 0.2) is 54.8 Å². The topological polar surface area (TPSA) is 84.8 Å². The molecule has 2 unspecified atom stereocenters. The zero-order chi connectivity index (χ0) is 24.1. The number of aliphatic carboxylic acids is 1. The van der Waals surface area contributed by atoms with Crippen LogP contribution in [0.5, 0.6) is 11.9 Å². The number of benzene rings is 1. The van der Waals surface area contributed by atoms with Crippen LogP contribution in [0.4, 0.5) is 4.39 Å². The number of ether oxygens (including phenoxy) is 2. The number of carbonyl (C=O) groups is 1. The van der Waals surface area contributed by atoms with Crippen molar-refractivity contribution in [3.8, 4) is 11.9 Å². The fourth-order valence-corrected chi connectivity index (χ4v) is 4.61. The first kappa shape index (κ1) is 23.9. The SMILES string of the molecule is COc1nc(OCC2C=CC=C(c3ccccc3)C2(C)F)ncc1CN1CCCC[C@H]1C(=O)O. The smallest absolute Gasteiger partial charge is 0.320 e. The van der Waals surface area contributed by atoms with Crippen molar-refractivity contribution < 1.29 is 23.8 Å². The van der Waals surface area contributed by atoms with Crippen LogP contribution < -0.4 is 9.47 Å². The summed E-state index contributed by atoms with van der Waals surface area (Å²) in [4.78, 5) is 22.1. The Morgan fingerprint density at radius 1 is 1.29 bits per heavy atom. The van der Waals surface area contributed by atoms with Gasteiger partial charge in [0.1, 0.15) is 18.3 Å². The Hall–Kier alpha value is -3.26. The van der Waals surface area contributed by atoms with E-state index in [0.29, 0.717) is 36.5 Å². The third-order valence-electron chi connectivity index (χ3n) is 6.57. The van der Waals surface area contributed by atoms with Crippen molar-refractivity contribution in [2.75, 3.05) is 20.3 Å². The molecule has 34 heavy (non-hydrogen) atoms. The van der Waals surface area contributed by atoms with Gasteiger partial charge >= 0.3 is 12.0 Å². The van der Waals surface area contributed by atoms with Gasteiger partial charge in [0.25, 0.3) is 0 Å². The van der Waals surface area contributed by atoms with Crippen LogP contribution in [0.1, 0.15) is 37.3 Å². The Bertz CT molecular complexity index is 1070. The molecule has 0 radical (unpaired) electrons. The number of likely N-dealkylation sites (tertiary alicyclic amines) is 1. The van der Waals surface area contributed by atoms with E-state index in [1.165, 1.54) is 7.11 Å². The molecule has 180 valence electrons. The molecule has 1 fully saturated rings. The maximum atomic E-state index is 15.8. The molecule has 1 aliphatic heterocycles. The van der Waals surface area contributed by atoms with Crippen LogP contribution in [0, 0.1) is 5.92 Å². The summed E-state index contributed by atoms with van der Waals surface area (Å²) in [6, 6.07) is 9.03. The van der Waals surface area contributed by atoms with Gasteiger partial charge in [0.15, 0.2) is 0 Å². The molecule has 7 nitrogen and oxygen atoms in total. The van der Waals surface area contributed by atoms with Gasteiger partial charge in [-0.3, -0.25) is 9.69 Å². The van der Waals surface area contributed by atoms with E-state index in [9.17, 15) is 9.90 Å². The fourth-order valence-electron chi connectivity index (χ4n) is 4.61. The number of alkyl halides is 1. The largest absolute Gasteiger partial charge is 0.481 e. The second-order valence-electron chi connectivity index (χ2n) is 8.83. The van der Waals surface area contributed by atoms with E-state index in [4.69, 9.17) is 9.47 Å². The molecule has 1 N–H and O–H groups in total. The summed E-state index contributed by atoms with van der Waals surface area (Å²) in [5.41, 5.74) is 0.500. The third kappa shape index (κ3) is 5.12. The highest BCUT2D eigenvalue weighted by atomic mass is 19.1. The molecular weight excluding hydrogens is 437 g/mol. The van der Waals surface area contributed by atoms with Crippen molar-refractivity contribution in [2.45, 2.75) is 44.4 Å². The van der Waals surface area contributed by atoms with Gasteiger partial charge < -0.3 is 14.6 Å². The fraction of sp³-hybridized carbons (Fsp3) is 0.423. The minimum absolute atomic E-state index is 0.0589. The molecule has 1 saturated heterocycles. The average molecular weight is 468 g/mol. The predicted molar refractivity (Wildman–Crippen MR) is 126 cm³/mol. The number of carboxylic acids is 1. The summed E-state index contributed by atoms with van der Waals surface area (Å²) < 4.78 is 27.1. The molecule has 0 spiro atoms. The molecule has 2 aliphatic rings. The number of hydrogen-bond acceptors (Lipinski definition) is 6. The molecule has 1 aliphatic carbocycles. The van der Waals surface area contributed by atoms with Crippen molar-refractivity contribution >= 4 is 11.5 Å². The van der Waals surface area contributed by atoms with Crippen LogP contribution in [-0.4, -0.2) is 57.9 Å². The minimum Gasteiger partial charge on any atom is -0.481 e. The molecule has 4 rings (SSSR count). The summed E-state index contributed by atoms with van der Waals surface area (Å²) in [6.07, 6.45) is 9.50. The number of aromatic nitrogens is 2. The highest BCUT2D eigenvalue weighted by Crippen LogP contribution is 2.40. The van der Waals surface area contributed by atoms with Crippen LogP contribution in [0.25, 0.3) is 5.57 Å². The lowest BCUT2D eigenvalue weighted by atomic mass is 9.78. The van der Waals surface area contributed by atoms with E-state index in [0.717, 1.165) is 18.4 Å². The van der Waals surface area contributed by atoms with Crippen LogP contribution >= 0.6 is 0 Å². The Balaban J connectivity index is 1.44. The van der Waals surface area contributed by atoms with Crippen LogP contribution in [0.3, 0.4) is 0 Å². The lowest BCUT2D eigenvalue weighted by molar-refractivity contribution is -0.144. The Kier molecular flexibility index (Phi) is 7.26. The predicted octanol–water partition coefficient (Wildman–Crippen LogP) is 4.30. The van der Waals surface area contributed by atoms with Crippen LogP contribution in [0.2, 0.25) is 0 Å². The van der Waals surface area contributed by atoms with Gasteiger partial charge in [0.2, 0.25) is 5.88 Å². The Labute approximate surface area is 198 Å². The van der Waals surface area contributed by atoms with Gasteiger partial charge in [-0.15, -0.1) is 0 Å². The number of hydrogen-bond donors (Lipinski definition) is 1. The first-order valence-corrected chi connectivity index (χ1v) is 11.5. The number of carboxylic acid groups (broad SMARTS) is 1. The summed E-state index contributed by atoms with van der Waals surface area (Å²) in [7, 11) is 1.50. The number of halogens is 1. The van der Waals surface area contributed by atoms with Gasteiger partial charge in [-0.25, -0.2) is 9.37 Å². The molecule has 0 saturated carbocycles. The Morgan fingerprint density at radius 3 is 2.82 bits per heavy atom. The van der Waals surface area contributed by atoms with Crippen molar-refractivity contribution in [2.24, 2.45) is 5.92 Å². The molecule has 8 heteroatoms. The summed E-state index contributed by atoms with van der Waals surface area (Å²) >= 11 is 0. The lowest BCUT2D eigenvalue weighted by Crippen LogP contribution is -2.44. The molecule has 1 aromatic carbocycles. The average Bonchev–Trinajstić information content (AvgIpc) is 2.84. The monoisotopic (exact) mass is 467 g/mol. The summed E-state index contributed by atoms with van der Waals surface area (Å²) in [6.45, 7) is 2.69. The van der Waals surface area contributed by atoms with Crippen LogP contribution in [-0.2, 0) is 11.3 Å². The van der Waals surface area contributed by atoms with Gasteiger partial charge in [-0.1, -0.05) is 55.0 Å². The van der Waals surface area contributed by atoms with Gasteiger partial charge in [0, 0.05) is 24.2 Å². The first-order chi connectivity index (χ1) is 16.4. The molecule has 2 heterocycles. The highest BCUT2D eigenvalue weighted by molar-refractivity contribution is 5.75. The van der Waals surface area contributed by atoms with E-state index in [1.54, 1.807) is 25.3 Å². The van der Waals surface area contributed by atoms with E-state index in [-0.39, 0.29) is 12.6 Å². The molecule has 0 bridgehead atoms. The molecule has 1 aromatic heterocycles. The molecule has 0 amide bonds. The molecule has 3 atom stereocenters. The standard InChI is InChI=1S/C26H30FN3O4/c1-26(27)20(11-8-12-21(26)18-9-4-3-5-10-18)17-34-25-28-15-19(23(29-25)33-2)16-30-14-7-6-13-22(30)24(31)32/h3-5,8-12,15,20,22H,6-7,13-14,16-17H2,1-2H3,(H,31,32)/t20?,22-,26?/m0/s1. The second kappa shape index (κ2) is 10.3. The van der Waals surface area contributed by atoms with Crippen molar-refractivity contribution in [1.82, 2.24) is 14.9 Å². The molecular formula is C26H30FN3O4. The summed E-state index contributed by atoms with van der Waals surface area (Å²) in [5, 5.41) is 9.52. The zero-order valence-corrected chi connectivity index (χ0v) is 19.5. The normalized spacial score (nSPS) is 25.0. The number of methoxy groups -OCH3 is 1. The van der Waals surface area contributed by atoms with Crippen molar-refractivity contribution in [3.05, 3.63) is 65.9 Å². The molecule has 2 aromatic rings. The number of allylic oxidation sites excluding steroid dienone is 3. The minimum atomic E-state index is -1.62. The summed E-state index contributed by atoms with van der Waals surface area (Å²) in [5.74, 6) is -1.02. The van der Waals surface area contributed by atoms with Crippen molar-refractivity contribution in [1.29, 1.82) is 0 Å². The van der Waals surface area contributed by atoms with E-state index in [2.05, 4.69) is 9.97 Å². The quantitative estimate of drug-likeness (QED) is 0.620. The first-order valence-electron chi connectivity index (χ1n) is 11.5. The van der Waals surface area contributed by atoms with Gasteiger partial charge in [-0.2, -0.15) is 4.98 Å². The second-order valence-corrected chi connectivity index (χ2v) is 8.83. The van der Waals surface area contributed by atoms with Gasteiger partial charge in [-0.05, 0) is 37.4 Å². The maximum absolute atomic E-state index is 15.8. The van der Waals surface area contributed by atoms with E-state index < -0.39 is 23.6 Å². The van der Waals surface area contributed by atoms with E-state index >= 15 is 4.39 Å². The van der Waals surface area contributed by atoms with Crippen molar-refractivity contribution in [3.63, 3.8) is 0 Å².